The van der Waals surface area contributed by atoms with Crippen molar-refractivity contribution in [1.29, 1.82) is 0 Å². The lowest BCUT2D eigenvalue weighted by Crippen LogP contribution is -2.44. The fourth-order valence-corrected chi connectivity index (χ4v) is 3.40. The molecule has 0 saturated heterocycles. The maximum atomic E-state index is 12.0. The van der Waals surface area contributed by atoms with Gasteiger partial charge < -0.3 is 15.6 Å². The average Bonchev–Trinajstić information content (AvgIpc) is 2.82. The van der Waals surface area contributed by atoms with Gasteiger partial charge in [-0.25, -0.2) is 0 Å². The Morgan fingerprint density at radius 1 is 1.04 bits per heavy atom. The van der Waals surface area contributed by atoms with Gasteiger partial charge in [0, 0.05) is 29.7 Å². The lowest BCUT2D eigenvalue weighted by Gasteiger charge is -2.15. The first-order valence-corrected chi connectivity index (χ1v) is 8.88. The first kappa shape index (κ1) is 16.6. The molecule has 5 nitrogen and oxygen atoms in total. The zero-order valence-electron chi connectivity index (χ0n) is 13.9. The number of carbonyl (C=O) groups excluding carboxylic acids is 2. The Kier molecular flexibility index (Phi) is 5.51. The van der Waals surface area contributed by atoms with Crippen LogP contribution in [0.2, 0.25) is 0 Å². The summed E-state index contributed by atoms with van der Waals surface area (Å²) in [7, 11) is 0. The van der Waals surface area contributed by atoms with Gasteiger partial charge in [0.25, 0.3) is 0 Å². The highest BCUT2D eigenvalue weighted by Gasteiger charge is 2.19. The monoisotopic (exact) mass is 327 g/mol. The second-order valence-electron chi connectivity index (χ2n) is 6.53. The van der Waals surface area contributed by atoms with Gasteiger partial charge in [-0.1, -0.05) is 43.9 Å². The highest BCUT2D eigenvalue weighted by atomic mass is 16.2. The zero-order valence-corrected chi connectivity index (χ0v) is 13.9. The third kappa shape index (κ3) is 4.16. The Morgan fingerprint density at radius 2 is 1.79 bits per heavy atom. The topological polar surface area (TPSA) is 74.0 Å². The van der Waals surface area contributed by atoms with Crippen molar-refractivity contribution in [3.05, 3.63) is 36.0 Å². The molecule has 5 heteroatoms. The normalized spacial score (nSPS) is 15.8. The summed E-state index contributed by atoms with van der Waals surface area (Å²) in [4.78, 5) is 27.2. The average molecular weight is 327 g/mol. The van der Waals surface area contributed by atoms with Crippen molar-refractivity contribution < 1.29 is 9.59 Å². The molecular formula is C19H25N3O2. The van der Waals surface area contributed by atoms with E-state index in [1.165, 1.54) is 12.8 Å². The van der Waals surface area contributed by atoms with Crippen LogP contribution in [0.3, 0.4) is 0 Å². The van der Waals surface area contributed by atoms with Gasteiger partial charge in [0.1, 0.15) is 0 Å². The number of benzene rings is 1. The van der Waals surface area contributed by atoms with Crippen molar-refractivity contribution in [1.82, 2.24) is 15.6 Å². The van der Waals surface area contributed by atoms with Gasteiger partial charge in [0.05, 0.1) is 0 Å². The Labute approximate surface area is 142 Å². The minimum absolute atomic E-state index is 0.152. The number of aromatic amines is 1. The molecule has 24 heavy (non-hydrogen) atoms. The Hall–Kier alpha value is -2.30. The molecule has 2 amide bonds. The molecule has 1 saturated carbocycles. The van der Waals surface area contributed by atoms with Crippen LogP contribution in [0.25, 0.3) is 10.9 Å². The van der Waals surface area contributed by atoms with E-state index in [0.717, 1.165) is 42.1 Å². The predicted molar refractivity (Wildman–Crippen MR) is 94.6 cm³/mol. The molecule has 1 fully saturated rings. The van der Waals surface area contributed by atoms with Crippen LogP contribution in [-0.4, -0.2) is 29.4 Å². The van der Waals surface area contributed by atoms with Crippen LogP contribution in [-0.2, 0) is 16.0 Å². The second kappa shape index (κ2) is 7.99. The fourth-order valence-electron chi connectivity index (χ4n) is 3.40. The highest BCUT2D eigenvalue weighted by Crippen LogP contribution is 2.18. The molecule has 0 unspecified atom stereocenters. The van der Waals surface area contributed by atoms with E-state index in [1.54, 1.807) is 0 Å². The van der Waals surface area contributed by atoms with Gasteiger partial charge >= 0.3 is 11.8 Å². The standard InChI is InChI=1S/C19H25N3O2/c23-18(19(24)22-15-7-3-1-2-4-8-15)20-12-11-14-13-21-17-10-6-5-9-16(14)17/h5-6,9-10,13,15,21H,1-4,7-8,11-12H2,(H,20,23)(H,22,24). The van der Waals surface area contributed by atoms with E-state index < -0.39 is 11.8 Å². The van der Waals surface area contributed by atoms with Crippen LogP contribution in [0.5, 0.6) is 0 Å². The molecule has 3 rings (SSSR count). The Balaban J connectivity index is 1.45. The number of fused-ring (bicyclic) bond motifs is 1. The molecule has 1 heterocycles. The number of amides is 2. The first-order chi connectivity index (χ1) is 11.7. The number of H-pyrrole nitrogens is 1. The van der Waals surface area contributed by atoms with Gasteiger partial charge in [-0.15, -0.1) is 0 Å². The van der Waals surface area contributed by atoms with Crippen LogP contribution in [0.4, 0.5) is 0 Å². The third-order valence-electron chi connectivity index (χ3n) is 4.75. The van der Waals surface area contributed by atoms with Gasteiger partial charge in [0.15, 0.2) is 0 Å². The van der Waals surface area contributed by atoms with E-state index in [2.05, 4.69) is 21.7 Å². The molecule has 2 aromatic rings. The SMILES string of the molecule is O=C(NCCc1c[nH]c2ccccc12)C(=O)NC1CCCCCC1. The van der Waals surface area contributed by atoms with Crippen molar-refractivity contribution in [3.63, 3.8) is 0 Å². The van der Waals surface area contributed by atoms with Crippen LogP contribution in [0, 0.1) is 0 Å². The summed E-state index contributed by atoms with van der Waals surface area (Å²) in [6.07, 6.45) is 9.34. The number of nitrogens with one attached hydrogen (secondary N) is 3. The summed E-state index contributed by atoms with van der Waals surface area (Å²) >= 11 is 0. The molecule has 128 valence electrons. The largest absolute Gasteiger partial charge is 0.361 e. The molecule has 1 aliphatic rings. The number of rotatable bonds is 4. The smallest absolute Gasteiger partial charge is 0.309 e. The Morgan fingerprint density at radius 3 is 2.58 bits per heavy atom. The van der Waals surface area contributed by atoms with Gasteiger partial charge in [-0.3, -0.25) is 9.59 Å². The van der Waals surface area contributed by atoms with Crippen molar-refractivity contribution in [3.8, 4) is 0 Å². The molecule has 0 aliphatic heterocycles. The van der Waals surface area contributed by atoms with E-state index in [9.17, 15) is 9.59 Å². The van der Waals surface area contributed by atoms with E-state index in [4.69, 9.17) is 0 Å². The maximum Gasteiger partial charge on any atom is 0.309 e. The van der Waals surface area contributed by atoms with Gasteiger partial charge in [-0.05, 0) is 30.9 Å². The summed E-state index contributed by atoms with van der Waals surface area (Å²) in [5, 5.41) is 6.76. The minimum Gasteiger partial charge on any atom is -0.361 e. The molecular weight excluding hydrogens is 302 g/mol. The van der Waals surface area contributed by atoms with E-state index in [1.807, 2.05) is 24.4 Å². The summed E-state index contributed by atoms with van der Waals surface area (Å²) in [6.45, 7) is 0.457. The second-order valence-corrected chi connectivity index (χ2v) is 6.53. The van der Waals surface area contributed by atoms with Crippen molar-refractivity contribution in [2.45, 2.75) is 51.0 Å². The number of para-hydroxylation sites is 1. The molecule has 3 N–H and O–H groups in total. The molecule has 0 atom stereocenters. The third-order valence-corrected chi connectivity index (χ3v) is 4.75. The van der Waals surface area contributed by atoms with Crippen LogP contribution < -0.4 is 10.6 Å². The molecule has 0 radical (unpaired) electrons. The predicted octanol–water partition coefficient (Wildman–Crippen LogP) is 2.67. The minimum atomic E-state index is -0.529. The van der Waals surface area contributed by atoms with E-state index in [-0.39, 0.29) is 6.04 Å². The summed E-state index contributed by atoms with van der Waals surface area (Å²) in [6, 6.07) is 8.22. The maximum absolute atomic E-state index is 12.0. The quantitative estimate of drug-likeness (QED) is 0.596. The van der Waals surface area contributed by atoms with Crippen molar-refractivity contribution in [2.75, 3.05) is 6.54 Å². The molecule has 1 aromatic heterocycles. The molecule has 0 bridgehead atoms. The van der Waals surface area contributed by atoms with Gasteiger partial charge in [0.2, 0.25) is 0 Å². The lowest BCUT2D eigenvalue weighted by atomic mass is 10.1. The lowest BCUT2D eigenvalue weighted by molar-refractivity contribution is -0.139. The molecule has 0 spiro atoms. The van der Waals surface area contributed by atoms with E-state index in [0.29, 0.717) is 13.0 Å². The fraction of sp³-hybridized carbons (Fsp3) is 0.474. The number of carbonyl (C=O) groups is 2. The number of hydrogen-bond acceptors (Lipinski definition) is 2. The van der Waals surface area contributed by atoms with Crippen molar-refractivity contribution >= 4 is 22.7 Å². The molecule has 1 aliphatic carbocycles. The molecule has 1 aromatic carbocycles. The summed E-state index contributed by atoms with van der Waals surface area (Å²) in [5.74, 6) is -1.03. The summed E-state index contributed by atoms with van der Waals surface area (Å²) < 4.78 is 0. The first-order valence-electron chi connectivity index (χ1n) is 8.88. The van der Waals surface area contributed by atoms with Crippen LogP contribution in [0.15, 0.2) is 30.5 Å². The highest BCUT2D eigenvalue weighted by molar-refractivity contribution is 6.35. The number of hydrogen-bond donors (Lipinski definition) is 3. The number of aromatic nitrogens is 1. The zero-order chi connectivity index (χ0) is 16.8. The Bertz CT molecular complexity index is 699. The van der Waals surface area contributed by atoms with E-state index >= 15 is 0 Å². The van der Waals surface area contributed by atoms with Crippen molar-refractivity contribution in [2.24, 2.45) is 0 Å². The van der Waals surface area contributed by atoms with Crippen LogP contribution in [0.1, 0.15) is 44.1 Å². The van der Waals surface area contributed by atoms with Crippen LogP contribution >= 0.6 is 0 Å². The summed E-state index contributed by atoms with van der Waals surface area (Å²) in [5.41, 5.74) is 2.24. The van der Waals surface area contributed by atoms with Gasteiger partial charge in [-0.2, -0.15) is 0 Å².